The Balaban J connectivity index is 2.01. The summed E-state index contributed by atoms with van der Waals surface area (Å²) in [5.74, 6) is -0.166. The third kappa shape index (κ3) is 4.61. The molecule has 0 aliphatic heterocycles. The van der Waals surface area contributed by atoms with Crippen LogP contribution in [0.3, 0.4) is 0 Å². The van der Waals surface area contributed by atoms with E-state index in [1.165, 1.54) is 0 Å². The van der Waals surface area contributed by atoms with E-state index in [0.717, 1.165) is 12.0 Å². The number of anilines is 1. The Kier molecular flexibility index (Phi) is 4.85. The van der Waals surface area contributed by atoms with Gasteiger partial charge in [0, 0.05) is 12.1 Å². The predicted molar refractivity (Wildman–Crippen MR) is 77.7 cm³/mol. The van der Waals surface area contributed by atoms with Gasteiger partial charge in [0.2, 0.25) is 5.95 Å². The van der Waals surface area contributed by atoms with E-state index in [4.69, 9.17) is 0 Å². The lowest BCUT2D eigenvalue weighted by Crippen LogP contribution is -2.23. The number of H-pyrrole nitrogens is 1. The van der Waals surface area contributed by atoms with Crippen LogP contribution in [-0.4, -0.2) is 16.0 Å². The topological polar surface area (TPSA) is 57.8 Å². The molecule has 1 atom stereocenters. The Bertz CT molecular complexity index is 668. The van der Waals surface area contributed by atoms with Gasteiger partial charge in [-0.3, -0.25) is 9.78 Å². The van der Waals surface area contributed by atoms with Gasteiger partial charge in [-0.05, 0) is 25.3 Å². The lowest BCUT2D eigenvalue weighted by Gasteiger charge is -2.15. The van der Waals surface area contributed by atoms with Gasteiger partial charge in [-0.2, -0.15) is 13.2 Å². The maximum Gasteiger partial charge on any atom is 0.433 e. The van der Waals surface area contributed by atoms with Crippen molar-refractivity contribution in [3.05, 3.63) is 58.0 Å². The maximum atomic E-state index is 12.6. The van der Waals surface area contributed by atoms with Crippen LogP contribution in [0, 0.1) is 0 Å². The average Bonchev–Trinajstić information content (AvgIpc) is 2.45. The second-order valence-electron chi connectivity index (χ2n) is 5.05. The van der Waals surface area contributed by atoms with Gasteiger partial charge in [0.1, 0.15) is 0 Å². The maximum absolute atomic E-state index is 12.6. The van der Waals surface area contributed by atoms with E-state index in [0.29, 0.717) is 12.5 Å². The molecule has 0 spiro atoms. The normalized spacial score (nSPS) is 12.9. The van der Waals surface area contributed by atoms with Crippen molar-refractivity contribution in [1.29, 1.82) is 0 Å². The highest BCUT2D eigenvalue weighted by Crippen LogP contribution is 2.26. The molecule has 0 radical (unpaired) electrons. The van der Waals surface area contributed by atoms with Gasteiger partial charge in [-0.15, -0.1) is 0 Å². The first kappa shape index (κ1) is 16.1. The summed E-state index contributed by atoms with van der Waals surface area (Å²) in [6, 6.07) is 10.1. The minimum absolute atomic E-state index is 0.133. The number of rotatable bonds is 5. The second-order valence-corrected chi connectivity index (χ2v) is 5.05. The van der Waals surface area contributed by atoms with Crippen molar-refractivity contribution >= 4 is 5.95 Å². The summed E-state index contributed by atoms with van der Waals surface area (Å²) in [6.07, 6.45) is -3.17. The van der Waals surface area contributed by atoms with Crippen LogP contribution in [0.2, 0.25) is 0 Å². The second kappa shape index (κ2) is 6.64. The molecule has 1 unspecified atom stereocenters. The van der Waals surface area contributed by atoms with E-state index >= 15 is 0 Å². The molecule has 118 valence electrons. The zero-order valence-electron chi connectivity index (χ0n) is 11.9. The van der Waals surface area contributed by atoms with Crippen molar-refractivity contribution < 1.29 is 13.2 Å². The molecule has 0 saturated heterocycles. The molecule has 0 fully saturated rings. The third-order valence-electron chi connectivity index (χ3n) is 3.12. The van der Waals surface area contributed by atoms with E-state index < -0.39 is 17.4 Å². The fourth-order valence-electron chi connectivity index (χ4n) is 2.00. The van der Waals surface area contributed by atoms with Gasteiger partial charge in [-0.25, -0.2) is 4.98 Å². The number of aromatic nitrogens is 2. The molecule has 0 saturated carbocycles. The van der Waals surface area contributed by atoms with Gasteiger partial charge >= 0.3 is 6.18 Å². The van der Waals surface area contributed by atoms with E-state index in [1.54, 1.807) is 0 Å². The molecule has 2 aromatic rings. The summed E-state index contributed by atoms with van der Waals surface area (Å²) in [4.78, 5) is 17.0. The Morgan fingerprint density at radius 2 is 1.95 bits per heavy atom. The van der Waals surface area contributed by atoms with Crippen LogP contribution >= 0.6 is 0 Å². The van der Waals surface area contributed by atoms with E-state index in [9.17, 15) is 18.0 Å². The molecule has 0 amide bonds. The van der Waals surface area contributed by atoms with Gasteiger partial charge in [-0.1, -0.05) is 30.3 Å². The molecule has 1 aromatic heterocycles. The number of aromatic amines is 1. The predicted octanol–water partition coefficient (Wildman–Crippen LogP) is 3.22. The van der Waals surface area contributed by atoms with Crippen molar-refractivity contribution in [2.75, 3.05) is 5.32 Å². The molecule has 4 nitrogen and oxygen atoms in total. The van der Waals surface area contributed by atoms with Crippen LogP contribution in [0.15, 0.2) is 41.2 Å². The molecule has 0 aliphatic carbocycles. The zero-order valence-corrected chi connectivity index (χ0v) is 11.9. The lowest BCUT2D eigenvalue weighted by atomic mass is 10.1. The van der Waals surface area contributed by atoms with Crippen molar-refractivity contribution in [1.82, 2.24) is 9.97 Å². The first-order valence-corrected chi connectivity index (χ1v) is 6.83. The van der Waals surface area contributed by atoms with Crippen molar-refractivity contribution in [3.63, 3.8) is 0 Å². The summed E-state index contributed by atoms with van der Waals surface area (Å²) in [7, 11) is 0. The van der Waals surface area contributed by atoms with Crippen LogP contribution < -0.4 is 10.9 Å². The molecule has 2 N–H and O–H groups in total. The minimum Gasteiger partial charge on any atom is -0.353 e. The lowest BCUT2D eigenvalue weighted by molar-refractivity contribution is -0.141. The molecular weight excluding hydrogens is 295 g/mol. The molecular formula is C15H16F3N3O. The summed E-state index contributed by atoms with van der Waals surface area (Å²) in [6.45, 7) is 1.82. The first-order valence-electron chi connectivity index (χ1n) is 6.83. The standard InChI is InChI=1S/C15H16F3N3O/c1-10(7-8-11-5-3-2-4-6-11)19-14-20-12(15(16,17)18)9-13(22)21-14/h2-6,9-10H,7-8H2,1H3,(H2,19,20,21,22). The summed E-state index contributed by atoms with van der Waals surface area (Å²) in [5, 5.41) is 2.80. The highest BCUT2D eigenvalue weighted by atomic mass is 19.4. The van der Waals surface area contributed by atoms with Crippen LogP contribution in [-0.2, 0) is 12.6 Å². The van der Waals surface area contributed by atoms with Crippen molar-refractivity contribution in [3.8, 4) is 0 Å². The van der Waals surface area contributed by atoms with Gasteiger partial charge < -0.3 is 5.32 Å². The number of benzene rings is 1. The molecule has 0 bridgehead atoms. The Labute approximate surface area is 125 Å². The van der Waals surface area contributed by atoms with E-state index in [-0.39, 0.29) is 12.0 Å². The minimum atomic E-state index is -4.64. The highest BCUT2D eigenvalue weighted by molar-refractivity contribution is 5.27. The van der Waals surface area contributed by atoms with Gasteiger partial charge in [0.25, 0.3) is 5.56 Å². The number of aryl methyl sites for hydroxylation is 1. The van der Waals surface area contributed by atoms with Crippen LogP contribution in [0.1, 0.15) is 24.6 Å². The fraction of sp³-hybridized carbons (Fsp3) is 0.333. The Morgan fingerprint density at radius 3 is 2.59 bits per heavy atom. The number of nitrogens with one attached hydrogen (secondary N) is 2. The average molecular weight is 311 g/mol. The number of hydrogen-bond donors (Lipinski definition) is 2. The van der Waals surface area contributed by atoms with E-state index in [1.807, 2.05) is 37.3 Å². The summed E-state index contributed by atoms with van der Waals surface area (Å²) in [5.41, 5.74) is -0.893. The van der Waals surface area contributed by atoms with Crippen molar-refractivity contribution in [2.45, 2.75) is 32.0 Å². The molecule has 2 rings (SSSR count). The van der Waals surface area contributed by atoms with Crippen molar-refractivity contribution in [2.24, 2.45) is 0 Å². The number of halogens is 3. The smallest absolute Gasteiger partial charge is 0.353 e. The largest absolute Gasteiger partial charge is 0.433 e. The fourth-order valence-corrected chi connectivity index (χ4v) is 2.00. The monoisotopic (exact) mass is 311 g/mol. The number of alkyl halides is 3. The van der Waals surface area contributed by atoms with E-state index in [2.05, 4.69) is 15.3 Å². The summed E-state index contributed by atoms with van der Waals surface area (Å²) < 4.78 is 37.8. The van der Waals surface area contributed by atoms with Gasteiger partial charge in [0.05, 0.1) is 0 Å². The molecule has 0 aliphatic rings. The quantitative estimate of drug-likeness (QED) is 0.891. The highest BCUT2D eigenvalue weighted by Gasteiger charge is 2.33. The van der Waals surface area contributed by atoms with Crippen LogP contribution in [0.25, 0.3) is 0 Å². The molecule has 7 heteroatoms. The summed E-state index contributed by atoms with van der Waals surface area (Å²) >= 11 is 0. The first-order chi connectivity index (χ1) is 10.3. The number of nitrogens with zero attached hydrogens (tertiary/aromatic N) is 1. The molecule has 22 heavy (non-hydrogen) atoms. The number of hydrogen-bond acceptors (Lipinski definition) is 3. The van der Waals surface area contributed by atoms with Crippen LogP contribution in [0.5, 0.6) is 0 Å². The van der Waals surface area contributed by atoms with Crippen LogP contribution in [0.4, 0.5) is 19.1 Å². The molecule has 1 heterocycles. The Hall–Kier alpha value is -2.31. The zero-order chi connectivity index (χ0) is 16.2. The Morgan fingerprint density at radius 1 is 1.27 bits per heavy atom. The van der Waals surface area contributed by atoms with Gasteiger partial charge in [0.15, 0.2) is 5.69 Å². The molecule has 1 aromatic carbocycles. The SMILES string of the molecule is CC(CCc1ccccc1)Nc1nc(C(F)(F)F)cc(=O)[nH]1. The third-order valence-corrected chi connectivity index (χ3v) is 3.12.